The van der Waals surface area contributed by atoms with Gasteiger partial charge in [0.15, 0.2) is 0 Å². The zero-order chi connectivity index (χ0) is 45.1. The largest absolute Gasteiger partial charge is 0.480 e. The zero-order valence-corrected chi connectivity index (χ0v) is 34.6. The number of rotatable bonds is 21. The van der Waals surface area contributed by atoms with Gasteiger partial charge in [0, 0.05) is 47.0 Å². The van der Waals surface area contributed by atoms with Crippen LogP contribution in [0.5, 0.6) is 0 Å². The average Bonchev–Trinajstić information content (AvgIpc) is 4.02. The molecule has 13 N–H and O–H groups in total. The first-order valence-electron chi connectivity index (χ1n) is 20.3. The van der Waals surface area contributed by atoms with Crippen molar-refractivity contribution in [1.82, 2.24) is 47.2 Å². The fraction of sp³-hybridized carbons (Fsp3) is 0.429. The highest BCUT2D eigenvalue weighted by Gasteiger charge is 2.35. The Hall–Kier alpha value is -6.80. The molecule has 0 radical (unpaired) electrons. The van der Waals surface area contributed by atoms with Crippen molar-refractivity contribution in [3.8, 4) is 0 Å². The summed E-state index contributed by atoms with van der Waals surface area (Å²) in [4.78, 5) is 112. The maximum Gasteiger partial charge on any atom is 0.326 e. The van der Waals surface area contributed by atoms with Crippen molar-refractivity contribution in [2.45, 2.75) is 95.2 Å². The van der Waals surface area contributed by atoms with Crippen LogP contribution >= 0.6 is 0 Å². The molecular formula is C42H54N10O10. The summed E-state index contributed by atoms with van der Waals surface area (Å²) in [6.45, 7) is 4.27. The number of hydrogen-bond donors (Lipinski definition) is 12. The Morgan fingerprint density at radius 1 is 0.677 bits per heavy atom. The molecule has 332 valence electrons. The molecule has 0 aliphatic carbocycles. The summed E-state index contributed by atoms with van der Waals surface area (Å²) in [5, 5.41) is 39.7. The molecule has 1 aliphatic heterocycles. The molecule has 2 aromatic carbocycles. The Morgan fingerprint density at radius 2 is 1.16 bits per heavy atom. The maximum absolute atomic E-state index is 14.4. The number of aliphatic carboxylic acids is 1. The highest BCUT2D eigenvalue weighted by molar-refractivity contribution is 5.99. The van der Waals surface area contributed by atoms with E-state index in [4.69, 9.17) is 5.73 Å². The first-order chi connectivity index (χ1) is 29.6. The topological polar surface area (TPSA) is 319 Å². The van der Waals surface area contributed by atoms with E-state index in [0.717, 1.165) is 28.2 Å². The normalized spacial score (nSPS) is 16.6. The van der Waals surface area contributed by atoms with Gasteiger partial charge < -0.3 is 63.1 Å². The van der Waals surface area contributed by atoms with Gasteiger partial charge in [-0.25, -0.2) is 4.79 Å². The van der Waals surface area contributed by atoms with Crippen LogP contribution in [0.4, 0.5) is 0 Å². The number of nitrogens with two attached hydrogens (primary N) is 1. The van der Waals surface area contributed by atoms with Crippen molar-refractivity contribution >= 4 is 69.1 Å². The van der Waals surface area contributed by atoms with E-state index in [9.17, 15) is 48.6 Å². The number of carboxylic acid groups (broad SMARTS) is 1. The molecule has 7 atom stereocenters. The lowest BCUT2D eigenvalue weighted by atomic mass is 10.00. The second-order valence-electron chi connectivity index (χ2n) is 15.7. The molecule has 0 spiro atoms. The fourth-order valence-electron chi connectivity index (χ4n) is 7.23. The molecule has 7 amide bonds. The number of H-pyrrole nitrogens is 2. The molecule has 0 bridgehead atoms. The number of benzene rings is 2. The number of primary amides is 1. The minimum atomic E-state index is -1.73. The minimum absolute atomic E-state index is 0.0815. The lowest BCUT2D eigenvalue weighted by Gasteiger charge is -2.27. The van der Waals surface area contributed by atoms with Crippen LogP contribution in [0.3, 0.4) is 0 Å². The molecule has 2 aromatic heterocycles. The van der Waals surface area contributed by atoms with Crippen molar-refractivity contribution in [1.29, 1.82) is 0 Å². The predicted octanol–water partition coefficient (Wildman–Crippen LogP) is -1.28. The van der Waals surface area contributed by atoms with E-state index in [-0.39, 0.29) is 12.8 Å². The highest BCUT2D eigenvalue weighted by atomic mass is 16.4. The van der Waals surface area contributed by atoms with Crippen LogP contribution < -0.4 is 43.0 Å². The Balaban J connectivity index is 1.37. The number of para-hydroxylation sites is 2. The number of carbonyl (C=O) groups is 8. The molecular weight excluding hydrogens is 805 g/mol. The standard InChI is InChI=1S/C42H54N10O10/c1-21(2)35(42(61)62)52-40(59)31(16-24-19-46-28-12-7-5-10-26(24)28)49-38(57)30(15-23-18-45-27-11-6-4-9-25(23)27)50-41(60)33(20-53)51-39(58)32(17-34(43)54)48-36(55)22(3)47-37(56)29-13-8-14-44-29/h4-7,9-12,18-19,21-22,29-33,35,44-46,53H,8,13-17,20H2,1-3H3,(H2,43,54)(H,47,56)(H,48,55)(H,49,57)(H,50,60)(H,51,58)(H,52,59)(H,61,62)/t22-,29-,30-,31-,32-,33-,35-/m0/s1. The van der Waals surface area contributed by atoms with Crippen molar-refractivity contribution in [2.24, 2.45) is 11.7 Å². The lowest BCUT2D eigenvalue weighted by Crippen LogP contribution is -2.61. The molecule has 3 heterocycles. The summed E-state index contributed by atoms with van der Waals surface area (Å²) in [6.07, 6.45) is 3.74. The SMILES string of the molecule is CC(C)[C@H](NC(=O)[C@H](Cc1c[nH]c2ccccc12)NC(=O)[C@H](Cc1c[nH]c2ccccc12)NC(=O)[C@H](CO)NC(=O)[C@H](CC(N)=O)NC(=O)[C@H](C)NC(=O)[C@@H]1CCCN1)C(=O)O. The number of aromatic nitrogens is 2. The number of fused-ring (bicyclic) bond motifs is 2. The second-order valence-corrected chi connectivity index (χ2v) is 15.7. The summed E-state index contributed by atoms with van der Waals surface area (Å²) in [7, 11) is 0. The fourth-order valence-corrected chi connectivity index (χ4v) is 7.23. The van der Waals surface area contributed by atoms with Gasteiger partial charge >= 0.3 is 5.97 Å². The zero-order valence-electron chi connectivity index (χ0n) is 34.6. The van der Waals surface area contributed by atoms with Crippen LogP contribution in [0.2, 0.25) is 0 Å². The molecule has 4 aromatic rings. The molecule has 20 heteroatoms. The summed E-state index contributed by atoms with van der Waals surface area (Å²) >= 11 is 0. The third kappa shape index (κ3) is 11.9. The Kier molecular flexibility index (Phi) is 15.8. The van der Waals surface area contributed by atoms with E-state index in [1.54, 1.807) is 50.5 Å². The Morgan fingerprint density at radius 3 is 1.65 bits per heavy atom. The van der Waals surface area contributed by atoms with Gasteiger partial charge in [0.05, 0.1) is 19.1 Å². The van der Waals surface area contributed by atoms with E-state index >= 15 is 0 Å². The number of aliphatic hydroxyl groups is 1. The van der Waals surface area contributed by atoms with Crippen LogP contribution in [0.15, 0.2) is 60.9 Å². The van der Waals surface area contributed by atoms with Crippen LogP contribution in [0.25, 0.3) is 21.8 Å². The van der Waals surface area contributed by atoms with Crippen LogP contribution in [-0.2, 0) is 51.2 Å². The maximum atomic E-state index is 14.4. The van der Waals surface area contributed by atoms with Gasteiger partial charge in [-0.1, -0.05) is 50.2 Å². The van der Waals surface area contributed by atoms with Gasteiger partial charge in [0.2, 0.25) is 41.4 Å². The number of amides is 7. The third-order valence-corrected chi connectivity index (χ3v) is 10.7. The smallest absolute Gasteiger partial charge is 0.326 e. The van der Waals surface area contributed by atoms with E-state index in [1.807, 2.05) is 24.3 Å². The molecule has 1 fully saturated rings. The van der Waals surface area contributed by atoms with Crippen molar-refractivity contribution < 1.29 is 48.6 Å². The van der Waals surface area contributed by atoms with Crippen molar-refractivity contribution in [3.05, 3.63) is 72.1 Å². The third-order valence-electron chi connectivity index (χ3n) is 10.7. The molecule has 0 saturated carbocycles. The van der Waals surface area contributed by atoms with Crippen molar-refractivity contribution in [2.75, 3.05) is 13.2 Å². The number of nitrogens with one attached hydrogen (secondary N) is 9. The first-order valence-corrected chi connectivity index (χ1v) is 20.3. The van der Waals surface area contributed by atoms with Crippen LogP contribution in [0, 0.1) is 5.92 Å². The highest BCUT2D eigenvalue weighted by Crippen LogP contribution is 2.21. The molecule has 20 nitrogen and oxygen atoms in total. The van der Waals surface area contributed by atoms with Gasteiger partial charge in [-0.05, 0) is 55.5 Å². The van der Waals surface area contributed by atoms with Crippen LogP contribution in [-0.4, -0.2) is 123 Å². The van der Waals surface area contributed by atoms with Gasteiger partial charge in [0.25, 0.3) is 0 Å². The van der Waals surface area contributed by atoms with E-state index < -0.39 is 109 Å². The molecule has 5 rings (SSSR count). The van der Waals surface area contributed by atoms with E-state index in [2.05, 4.69) is 47.2 Å². The molecule has 1 saturated heterocycles. The van der Waals surface area contributed by atoms with Gasteiger partial charge in [-0.15, -0.1) is 0 Å². The first kappa shape index (κ1) is 46.3. The van der Waals surface area contributed by atoms with Gasteiger partial charge in [-0.2, -0.15) is 0 Å². The second kappa shape index (κ2) is 21.1. The summed E-state index contributed by atoms with van der Waals surface area (Å²) in [6, 6.07) is 5.39. The lowest BCUT2D eigenvalue weighted by molar-refractivity contribution is -0.143. The van der Waals surface area contributed by atoms with Gasteiger partial charge in [0.1, 0.15) is 36.3 Å². The number of carbonyl (C=O) groups excluding carboxylic acids is 7. The number of aliphatic hydroxyl groups excluding tert-OH is 1. The average molecular weight is 859 g/mol. The van der Waals surface area contributed by atoms with Gasteiger partial charge in [-0.3, -0.25) is 33.6 Å². The Bertz CT molecular complexity index is 2280. The van der Waals surface area contributed by atoms with E-state index in [1.165, 1.54) is 6.92 Å². The summed E-state index contributed by atoms with van der Waals surface area (Å²) < 4.78 is 0. The molecule has 1 aliphatic rings. The summed E-state index contributed by atoms with van der Waals surface area (Å²) in [5.41, 5.74) is 8.09. The van der Waals surface area contributed by atoms with Crippen LogP contribution in [0.1, 0.15) is 51.2 Å². The quantitative estimate of drug-likeness (QED) is 0.0469. The molecule has 62 heavy (non-hydrogen) atoms. The Labute approximate surface area is 356 Å². The molecule has 0 unspecified atom stereocenters. The number of hydrogen-bond acceptors (Lipinski definition) is 10. The minimum Gasteiger partial charge on any atom is -0.480 e. The monoisotopic (exact) mass is 858 g/mol. The summed E-state index contributed by atoms with van der Waals surface area (Å²) in [5.74, 6) is -7.79. The predicted molar refractivity (Wildman–Crippen MR) is 226 cm³/mol. The van der Waals surface area contributed by atoms with Crippen molar-refractivity contribution in [3.63, 3.8) is 0 Å². The number of aromatic amines is 2. The number of carboxylic acids is 1. The van der Waals surface area contributed by atoms with E-state index in [0.29, 0.717) is 24.1 Å².